The maximum atomic E-state index is 13.8. The first-order chi connectivity index (χ1) is 17.0. The van der Waals surface area contributed by atoms with Crippen molar-refractivity contribution in [1.29, 1.82) is 0 Å². The van der Waals surface area contributed by atoms with Gasteiger partial charge in [0.15, 0.2) is 40.4 Å². The SMILES string of the molecule is CN(C)c1cc(C(=O)CC(C)(C)C)c(O)c2c1C[C@H]1C[C@H]3CC(=O)C(C(N)=O)C(=O)[C@@]3(O)C(=O)C1C2=O. The molecule has 0 heterocycles. The summed E-state index contributed by atoms with van der Waals surface area (Å²) in [6.45, 7) is 5.60. The summed E-state index contributed by atoms with van der Waals surface area (Å²) in [6, 6.07) is 1.54. The highest BCUT2D eigenvalue weighted by atomic mass is 16.3. The zero-order chi connectivity index (χ0) is 27.8. The number of phenolic OH excluding ortho intramolecular Hbond substituents is 1. The Bertz CT molecular complexity index is 1270. The fourth-order valence-corrected chi connectivity index (χ4v) is 6.20. The number of aromatic hydroxyl groups is 1. The highest BCUT2D eigenvalue weighted by molar-refractivity contribution is 6.31. The van der Waals surface area contributed by atoms with Gasteiger partial charge in [0.1, 0.15) is 5.75 Å². The fourth-order valence-electron chi connectivity index (χ4n) is 6.20. The van der Waals surface area contributed by atoms with Crippen LogP contribution >= 0.6 is 0 Å². The number of Topliss-reactive ketones (excluding diaryl/α,β-unsaturated/α-hetero) is 5. The van der Waals surface area contributed by atoms with Crippen LogP contribution < -0.4 is 10.6 Å². The molecule has 198 valence electrons. The molecule has 0 aliphatic heterocycles. The lowest BCUT2D eigenvalue weighted by atomic mass is 9.53. The number of carbonyl (C=O) groups is 6. The monoisotopic (exact) mass is 512 g/mol. The third kappa shape index (κ3) is 3.98. The Hall–Kier alpha value is -3.40. The van der Waals surface area contributed by atoms with Gasteiger partial charge in [0.25, 0.3) is 0 Å². The zero-order valence-corrected chi connectivity index (χ0v) is 21.6. The highest BCUT2D eigenvalue weighted by Gasteiger charge is 2.66. The molecule has 2 fully saturated rings. The smallest absolute Gasteiger partial charge is 0.235 e. The summed E-state index contributed by atoms with van der Waals surface area (Å²) in [6.07, 6.45) is -0.123. The van der Waals surface area contributed by atoms with Gasteiger partial charge >= 0.3 is 0 Å². The summed E-state index contributed by atoms with van der Waals surface area (Å²) in [5.41, 5.74) is 2.89. The topological polar surface area (TPSA) is 172 Å². The van der Waals surface area contributed by atoms with E-state index in [-0.39, 0.29) is 41.6 Å². The minimum Gasteiger partial charge on any atom is -0.506 e. The Morgan fingerprint density at radius 1 is 1.11 bits per heavy atom. The Balaban J connectivity index is 1.85. The van der Waals surface area contributed by atoms with Crippen LogP contribution in [-0.2, 0) is 25.6 Å². The van der Waals surface area contributed by atoms with Gasteiger partial charge in [-0.1, -0.05) is 20.8 Å². The molecule has 10 nitrogen and oxygen atoms in total. The Kier molecular flexibility index (Phi) is 6.18. The average Bonchev–Trinajstić information content (AvgIpc) is 2.74. The summed E-state index contributed by atoms with van der Waals surface area (Å²) < 4.78 is 0. The number of benzene rings is 1. The van der Waals surface area contributed by atoms with Gasteiger partial charge in [-0.2, -0.15) is 0 Å². The van der Waals surface area contributed by atoms with E-state index >= 15 is 0 Å². The third-order valence-electron chi connectivity index (χ3n) is 7.85. The number of ketones is 5. The molecule has 1 amide bonds. The maximum absolute atomic E-state index is 13.8. The van der Waals surface area contributed by atoms with Crippen LogP contribution in [-0.4, -0.2) is 64.7 Å². The number of nitrogens with two attached hydrogens (primary N) is 1. The van der Waals surface area contributed by atoms with E-state index in [1.165, 1.54) is 0 Å². The molecule has 2 unspecified atom stereocenters. The predicted molar refractivity (Wildman–Crippen MR) is 131 cm³/mol. The number of nitrogens with zero attached hydrogens (tertiary/aromatic N) is 1. The molecule has 1 aromatic carbocycles. The summed E-state index contributed by atoms with van der Waals surface area (Å²) in [4.78, 5) is 79.6. The quantitative estimate of drug-likeness (QED) is 0.393. The number of aliphatic hydroxyl groups is 1. The van der Waals surface area contributed by atoms with E-state index in [1.54, 1.807) is 25.1 Å². The Labute approximate surface area is 214 Å². The van der Waals surface area contributed by atoms with Crippen molar-refractivity contribution in [2.45, 2.75) is 52.1 Å². The van der Waals surface area contributed by atoms with Crippen LogP contribution in [0.1, 0.15) is 66.3 Å². The van der Waals surface area contributed by atoms with Crippen LogP contribution in [0.25, 0.3) is 0 Å². The molecule has 0 aromatic heterocycles. The maximum Gasteiger partial charge on any atom is 0.235 e. The second-order valence-electron chi connectivity index (χ2n) is 11.9. The van der Waals surface area contributed by atoms with Crippen LogP contribution in [0.4, 0.5) is 5.69 Å². The van der Waals surface area contributed by atoms with Crippen molar-refractivity contribution in [1.82, 2.24) is 0 Å². The van der Waals surface area contributed by atoms with E-state index in [2.05, 4.69) is 0 Å². The largest absolute Gasteiger partial charge is 0.506 e. The number of carbonyl (C=O) groups excluding carboxylic acids is 6. The van der Waals surface area contributed by atoms with Crippen molar-refractivity contribution in [2.75, 3.05) is 19.0 Å². The van der Waals surface area contributed by atoms with Crippen molar-refractivity contribution in [3.8, 4) is 5.75 Å². The third-order valence-corrected chi connectivity index (χ3v) is 7.85. The molecule has 0 radical (unpaired) electrons. The first-order valence-corrected chi connectivity index (χ1v) is 12.3. The van der Waals surface area contributed by atoms with Crippen molar-refractivity contribution in [2.24, 2.45) is 34.8 Å². The van der Waals surface area contributed by atoms with Gasteiger partial charge in [0.2, 0.25) is 5.91 Å². The Morgan fingerprint density at radius 2 is 1.73 bits per heavy atom. The summed E-state index contributed by atoms with van der Waals surface area (Å²) in [5.74, 6) is -11.3. The second kappa shape index (κ2) is 8.58. The lowest BCUT2D eigenvalue weighted by Gasteiger charge is -2.48. The lowest BCUT2D eigenvalue weighted by Crippen LogP contribution is -2.68. The van der Waals surface area contributed by atoms with Gasteiger partial charge in [-0.3, -0.25) is 28.8 Å². The molecule has 5 atom stereocenters. The molecule has 4 N–H and O–H groups in total. The Morgan fingerprint density at radius 3 is 2.27 bits per heavy atom. The van der Waals surface area contributed by atoms with Gasteiger partial charge in [0.05, 0.1) is 17.0 Å². The number of primary amides is 1. The normalized spacial score (nSPS) is 29.4. The molecule has 2 saturated carbocycles. The van der Waals surface area contributed by atoms with Gasteiger partial charge in [0, 0.05) is 38.5 Å². The van der Waals surface area contributed by atoms with E-state index in [4.69, 9.17) is 5.73 Å². The van der Waals surface area contributed by atoms with Gasteiger partial charge in [-0.05, 0) is 35.8 Å². The van der Waals surface area contributed by atoms with Crippen molar-refractivity contribution in [3.05, 3.63) is 22.8 Å². The van der Waals surface area contributed by atoms with Crippen molar-refractivity contribution >= 4 is 40.5 Å². The van der Waals surface area contributed by atoms with Gasteiger partial charge in [-0.25, -0.2) is 0 Å². The number of hydrogen-bond acceptors (Lipinski definition) is 9. The van der Waals surface area contributed by atoms with Crippen LogP contribution in [0.3, 0.4) is 0 Å². The number of amides is 1. The van der Waals surface area contributed by atoms with Crippen LogP contribution in [0.2, 0.25) is 0 Å². The molecule has 3 aliphatic rings. The van der Waals surface area contributed by atoms with Crippen LogP contribution in [0.5, 0.6) is 5.75 Å². The number of fused-ring (bicyclic) bond motifs is 3. The minimum absolute atomic E-state index is 0.0133. The van der Waals surface area contributed by atoms with Gasteiger partial charge in [-0.15, -0.1) is 0 Å². The molecule has 3 aliphatic carbocycles. The molecule has 10 heteroatoms. The molecular formula is C27H32N2O8. The van der Waals surface area contributed by atoms with Crippen LogP contribution in [0, 0.1) is 29.1 Å². The molecule has 4 rings (SSSR count). The number of phenols is 1. The summed E-state index contributed by atoms with van der Waals surface area (Å²) in [7, 11) is 3.46. The second-order valence-corrected chi connectivity index (χ2v) is 11.9. The van der Waals surface area contributed by atoms with Crippen LogP contribution in [0.15, 0.2) is 6.07 Å². The van der Waals surface area contributed by atoms with Crippen molar-refractivity contribution in [3.63, 3.8) is 0 Å². The van der Waals surface area contributed by atoms with E-state index in [0.29, 0.717) is 11.3 Å². The molecule has 0 spiro atoms. The number of hydrogen-bond donors (Lipinski definition) is 3. The summed E-state index contributed by atoms with van der Waals surface area (Å²) in [5, 5.41) is 22.5. The number of anilines is 1. The zero-order valence-electron chi connectivity index (χ0n) is 21.6. The first-order valence-electron chi connectivity index (χ1n) is 12.3. The number of rotatable bonds is 4. The standard InChI is InChI=1S/C27H32N2O8/c1-26(2,3)10-17(31)14-9-15(29(4)5)13-7-11-6-12-8-16(30)20(25(28)36)24(35)27(12,37)23(34)18(11)22(33)19(13)21(14)32/h9,11-12,18,20,32,37H,6-8,10H2,1-5H3,(H2,28,36)/t11-,12+,18?,20?,27+/m1/s1. The van der Waals surface area contributed by atoms with E-state index in [1.807, 2.05) is 20.8 Å². The summed E-state index contributed by atoms with van der Waals surface area (Å²) >= 11 is 0. The van der Waals surface area contributed by atoms with Crippen molar-refractivity contribution < 1.29 is 39.0 Å². The highest BCUT2D eigenvalue weighted by Crippen LogP contribution is 2.51. The minimum atomic E-state index is -2.71. The fraction of sp³-hybridized carbons (Fsp3) is 0.556. The first kappa shape index (κ1) is 26.7. The predicted octanol–water partition coefficient (Wildman–Crippen LogP) is 1.01. The van der Waals surface area contributed by atoms with E-state index < -0.39 is 70.5 Å². The molecule has 37 heavy (non-hydrogen) atoms. The average molecular weight is 513 g/mol. The molecule has 0 saturated heterocycles. The van der Waals surface area contributed by atoms with Gasteiger partial charge < -0.3 is 20.8 Å². The van der Waals surface area contributed by atoms with E-state index in [0.717, 1.165) is 0 Å². The lowest BCUT2D eigenvalue weighted by molar-refractivity contribution is -0.175. The molecule has 1 aromatic rings. The van der Waals surface area contributed by atoms with E-state index in [9.17, 15) is 39.0 Å². The molecular weight excluding hydrogens is 480 g/mol. The molecule has 0 bridgehead atoms.